The maximum Gasteiger partial charge on any atom is 0.258 e. The van der Waals surface area contributed by atoms with Gasteiger partial charge in [0.2, 0.25) is 17.8 Å². The fraction of sp³-hybridized carbons (Fsp3) is 0.368. The van der Waals surface area contributed by atoms with Gasteiger partial charge in [0, 0.05) is 19.5 Å². The summed E-state index contributed by atoms with van der Waals surface area (Å²) in [5, 5.41) is 5.04. The minimum atomic E-state index is -1.07. The van der Waals surface area contributed by atoms with Crippen LogP contribution in [0.15, 0.2) is 23.0 Å². The molecule has 0 spiro atoms. The number of halogens is 1. The molecule has 3 N–H and O–H groups in total. The number of aryl methyl sites for hydroxylation is 1. The third-order valence-corrected chi connectivity index (χ3v) is 4.95. The molecule has 10 heteroatoms. The van der Waals surface area contributed by atoms with Crippen molar-refractivity contribution in [2.24, 2.45) is 0 Å². The SMILES string of the molecule is Cc1ccc(NC(=O)[C@@H]2CC(=O)Nc3nc(N4CCOCC4)[nH]c(=O)c32)c(F)c1. The number of ether oxygens (including phenoxy) is 1. The zero-order chi connectivity index (χ0) is 20.5. The minimum Gasteiger partial charge on any atom is -0.378 e. The number of aromatic nitrogens is 2. The molecule has 2 aliphatic rings. The van der Waals surface area contributed by atoms with E-state index in [9.17, 15) is 18.8 Å². The van der Waals surface area contributed by atoms with E-state index in [0.717, 1.165) is 0 Å². The average molecular weight is 401 g/mol. The summed E-state index contributed by atoms with van der Waals surface area (Å²) in [5.74, 6) is -2.38. The van der Waals surface area contributed by atoms with Crippen molar-refractivity contribution < 1.29 is 18.7 Å². The number of H-pyrrole nitrogens is 1. The molecule has 29 heavy (non-hydrogen) atoms. The number of anilines is 3. The van der Waals surface area contributed by atoms with Gasteiger partial charge in [-0.1, -0.05) is 6.07 Å². The predicted molar refractivity (Wildman–Crippen MR) is 104 cm³/mol. The maximum atomic E-state index is 14.1. The van der Waals surface area contributed by atoms with E-state index in [1.54, 1.807) is 13.0 Å². The quantitative estimate of drug-likeness (QED) is 0.710. The second-order valence-electron chi connectivity index (χ2n) is 7.03. The van der Waals surface area contributed by atoms with Crippen LogP contribution in [0, 0.1) is 12.7 Å². The number of carbonyl (C=O) groups excluding carboxylic acids is 2. The molecule has 0 saturated carbocycles. The molecule has 1 aromatic carbocycles. The number of carbonyl (C=O) groups is 2. The molecule has 4 rings (SSSR count). The highest BCUT2D eigenvalue weighted by Crippen LogP contribution is 2.30. The van der Waals surface area contributed by atoms with Crippen LogP contribution >= 0.6 is 0 Å². The summed E-state index contributed by atoms with van der Waals surface area (Å²) in [6.07, 6.45) is -0.228. The summed E-state index contributed by atoms with van der Waals surface area (Å²) < 4.78 is 19.4. The van der Waals surface area contributed by atoms with E-state index >= 15 is 0 Å². The lowest BCUT2D eigenvalue weighted by Crippen LogP contribution is -2.41. The number of amides is 2. The molecule has 1 fully saturated rings. The van der Waals surface area contributed by atoms with Crippen LogP contribution in [0.5, 0.6) is 0 Å². The molecule has 1 aromatic heterocycles. The number of hydrogen-bond donors (Lipinski definition) is 3. The summed E-state index contributed by atoms with van der Waals surface area (Å²) >= 11 is 0. The van der Waals surface area contributed by atoms with Gasteiger partial charge in [-0.25, -0.2) is 4.39 Å². The van der Waals surface area contributed by atoms with Crippen LogP contribution in [-0.4, -0.2) is 48.1 Å². The first-order valence-electron chi connectivity index (χ1n) is 9.26. The van der Waals surface area contributed by atoms with Gasteiger partial charge in [0.15, 0.2) is 0 Å². The van der Waals surface area contributed by atoms with Crippen molar-refractivity contribution in [1.82, 2.24) is 9.97 Å². The van der Waals surface area contributed by atoms with Crippen molar-refractivity contribution in [2.75, 3.05) is 41.8 Å². The smallest absolute Gasteiger partial charge is 0.258 e. The Bertz CT molecular complexity index is 1030. The molecule has 3 heterocycles. The fourth-order valence-corrected chi connectivity index (χ4v) is 3.45. The van der Waals surface area contributed by atoms with Crippen LogP contribution in [0.4, 0.5) is 21.8 Å². The van der Waals surface area contributed by atoms with E-state index in [1.807, 2.05) is 4.90 Å². The van der Waals surface area contributed by atoms with E-state index < -0.39 is 29.1 Å². The molecule has 2 aliphatic heterocycles. The summed E-state index contributed by atoms with van der Waals surface area (Å²) in [4.78, 5) is 46.6. The van der Waals surface area contributed by atoms with E-state index in [0.29, 0.717) is 37.8 Å². The third-order valence-electron chi connectivity index (χ3n) is 4.95. The number of nitrogens with one attached hydrogen (secondary N) is 3. The Kier molecular flexibility index (Phi) is 5.01. The Balaban J connectivity index is 1.65. The molecule has 2 aromatic rings. The molecule has 9 nitrogen and oxygen atoms in total. The largest absolute Gasteiger partial charge is 0.378 e. The Morgan fingerprint density at radius 2 is 2.07 bits per heavy atom. The van der Waals surface area contributed by atoms with Gasteiger partial charge in [-0.15, -0.1) is 0 Å². The lowest BCUT2D eigenvalue weighted by molar-refractivity contribution is -0.123. The minimum absolute atomic E-state index is 0.0116. The molecular weight excluding hydrogens is 381 g/mol. The van der Waals surface area contributed by atoms with Crippen molar-refractivity contribution >= 4 is 29.3 Å². The van der Waals surface area contributed by atoms with Crippen LogP contribution in [-0.2, 0) is 14.3 Å². The molecule has 1 saturated heterocycles. The van der Waals surface area contributed by atoms with Crippen molar-refractivity contribution in [3.05, 3.63) is 45.5 Å². The summed E-state index contributed by atoms with van der Waals surface area (Å²) in [7, 11) is 0. The first kappa shape index (κ1) is 19.1. The summed E-state index contributed by atoms with van der Waals surface area (Å²) in [6, 6.07) is 4.39. The second-order valence-corrected chi connectivity index (χ2v) is 7.03. The predicted octanol–water partition coefficient (Wildman–Crippen LogP) is 1.12. The number of aromatic amines is 1. The fourth-order valence-electron chi connectivity index (χ4n) is 3.45. The molecule has 1 atom stereocenters. The normalized spacial score (nSPS) is 18.8. The number of hydrogen-bond acceptors (Lipinski definition) is 6. The second kappa shape index (κ2) is 7.63. The molecule has 2 amide bonds. The van der Waals surface area contributed by atoms with Gasteiger partial charge in [-0.3, -0.25) is 19.4 Å². The Labute approximate surface area is 165 Å². The highest BCUT2D eigenvalue weighted by atomic mass is 19.1. The number of fused-ring (bicyclic) bond motifs is 1. The zero-order valence-corrected chi connectivity index (χ0v) is 15.8. The molecule has 0 unspecified atom stereocenters. The number of morpholine rings is 1. The van der Waals surface area contributed by atoms with E-state index in [1.165, 1.54) is 12.1 Å². The zero-order valence-electron chi connectivity index (χ0n) is 15.8. The highest BCUT2D eigenvalue weighted by Gasteiger charge is 2.35. The van der Waals surface area contributed by atoms with E-state index in [4.69, 9.17) is 4.74 Å². The van der Waals surface area contributed by atoms with E-state index in [-0.39, 0.29) is 23.5 Å². The van der Waals surface area contributed by atoms with Crippen molar-refractivity contribution in [2.45, 2.75) is 19.3 Å². The first-order chi connectivity index (χ1) is 13.9. The standard InChI is InChI=1S/C19H20FN5O4/c1-10-2-3-13(12(20)8-10)21-17(27)11-9-14(26)22-16-15(11)18(28)24-19(23-16)25-4-6-29-7-5-25/h2-3,8,11H,4-7,9H2,1H3,(H,21,27)(H2,22,23,24,26,28)/t11-/m1/s1. The van der Waals surface area contributed by atoms with Gasteiger partial charge in [0.25, 0.3) is 5.56 Å². The number of benzene rings is 1. The van der Waals surface area contributed by atoms with Gasteiger partial charge in [0.05, 0.1) is 30.4 Å². The lowest BCUT2D eigenvalue weighted by atomic mass is 9.92. The van der Waals surface area contributed by atoms with Gasteiger partial charge in [-0.05, 0) is 24.6 Å². The highest BCUT2D eigenvalue weighted by molar-refractivity contribution is 6.04. The van der Waals surface area contributed by atoms with Gasteiger partial charge < -0.3 is 20.3 Å². The Morgan fingerprint density at radius 1 is 1.31 bits per heavy atom. The molecule has 152 valence electrons. The topological polar surface area (TPSA) is 116 Å². The number of rotatable bonds is 3. The Hall–Kier alpha value is -3.27. The maximum absolute atomic E-state index is 14.1. The van der Waals surface area contributed by atoms with Gasteiger partial charge in [-0.2, -0.15) is 4.98 Å². The third kappa shape index (κ3) is 3.83. The molecule has 0 aliphatic carbocycles. The lowest BCUT2D eigenvalue weighted by Gasteiger charge is -2.29. The first-order valence-corrected chi connectivity index (χ1v) is 9.26. The van der Waals surface area contributed by atoms with Crippen LogP contribution in [0.3, 0.4) is 0 Å². The van der Waals surface area contributed by atoms with Gasteiger partial charge in [0.1, 0.15) is 11.6 Å². The van der Waals surface area contributed by atoms with Crippen LogP contribution < -0.4 is 21.1 Å². The summed E-state index contributed by atoms with van der Waals surface area (Å²) in [6.45, 7) is 3.83. The van der Waals surface area contributed by atoms with Crippen LogP contribution in [0.1, 0.15) is 23.5 Å². The summed E-state index contributed by atoms with van der Waals surface area (Å²) in [5.41, 5.74) is 0.245. The number of nitrogens with zero attached hydrogens (tertiary/aromatic N) is 2. The van der Waals surface area contributed by atoms with Crippen LogP contribution in [0.25, 0.3) is 0 Å². The molecule has 0 bridgehead atoms. The van der Waals surface area contributed by atoms with Crippen molar-refractivity contribution in [3.8, 4) is 0 Å². The average Bonchev–Trinajstić information content (AvgIpc) is 2.69. The van der Waals surface area contributed by atoms with E-state index in [2.05, 4.69) is 20.6 Å². The van der Waals surface area contributed by atoms with Crippen molar-refractivity contribution in [3.63, 3.8) is 0 Å². The Morgan fingerprint density at radius 3 is 2.79 bits per heavy atom. The van der Waals surface area contributed by atoms with Gasteiger partial charge >= 0.3 is 0 Å². The molecular formula is C19H20FN5O4. The van der Waals surface area contributed by atoms with Crippen molar-refractivity contribution in [1.29, 1.82) is 0 Å². The molecule has 0 radical (unpaired) electrons. The van der Waals surface area contributed by atoms with Crippen LogP contribution in [0.2, 0.25) is 0 Å². The monoisotopic (exact) mass is 401 g/mol.